The number of nitrogens with two attached hydrogens (primary N) is 1. The molecule has 0 saturated heterocycles. The Morgan fingerprint density at radius 1 is 1.56 bits per heavy atom. The van der Waals surface area contributed by atoms with Crippen LogP contribution in [0.2, 0.25) is 0 Å². The molecular formula is C9H9N5O3S. The molecule has 94 valence electrons. The molecule has 0 saturated carbocycles. The topological polar surface area (TPSA) is 138 Å². The van der Waals surface area contributed by atoms with Gasteiger partial charge in [-0.05, 0) is 13.0 Å². The Bertz CT molecular complexity index is 485. The molecule has 8 nitrogen and oxygen atoms in total. The van der Waals surface area contributed by atoms with Gasteiger partial charge in [-0.15, -0.1) is 10.5 Å². The number of rotatable bonds is 4. The van der Waals surface area contributed by atoms with E-state index < -0.39 is 0 Å². The van der Waals surface area contributed by atoms with Gasteiger partial charge in [0.2, 0.25) is 5.78 Å². The molecule has 1 aromatic rings. The summed E-state index contributed by atoms with van der Waals surface area (Å²) in [7, 11) is 0. The third kappa shape index (κ3) is 5.44. The van der Waals surface area contributed by atoms with Gasteiger partial charge in [-0.2, -0.15) is 0 Å². The van der Waals surface area contributed by atoms with Crippen LogP contribution in [0.5, 0.6) is 0 Å². The molecule has 1 rings (SSSR count). The molecule has 1 heterocycles. The molecule has 0 fully saturated rings. The zero-order chi connectivity index (χ0) is 14.0. The number of ketones is 1. The minimum absolute atomic E-state index is 0.213. The van der Waals surface area contributed by atoms with Crippen LogP contribution in [0.4, 0.5) is 5.95 Å². The van der Waals surface area contributed by atoms with Gasteiger partial charge in [-0.1, -0.05) is 6.58 Å². The van der Waals surface area contributed by atoms with E-state index in [9.17, 15) is 4.79 Å². The standard InChI is InChI=1S/C7H9N3O.C2N2O2S/c1-3-5(11)6-4(2)9-7(8)10-6;3-1-5-7-6-2-4/h3H,1H2,2H3,(H3,8,9,10);. The van der Waals surface area contributed by atoms with Crippen molar-refractivity contribution in [1.82, 2.24) is 9.97 Å². The Kier molecular flexibility index (Phi) is 7.25. The number of aromatic amines is 1. The summed E-state index contributed by atoms with van der Waals surface area (Å²) in [4.78, 5) is 17.5. The molecule has 0 atom stereocenters. The highest BCUT2D eigenvalue weighted by Crippen LogP contribution is 2.06. The molecular weight excluding hydrogens is 258 g/mol. The van der Waals surface area contributed by atoms with Crippen LogP contribution in [0, 0.1) is 30.0 Å². The lowest BCUT2D eigenvalue weighted by atomic mass is 10.2. The highest BCUT2D eigenvalue weighted by Gasteiger charge is 2.09. The van der Waals surface area contributed by atoms with E-state index in [0.29, 0.717) is 23.7 Å². The monoisotopic (exact) mass is 267 g/mol. The second kappa shape index (κ2) is 8.50. The van der Waals surface area contributed by atoms with Crippen molar-refractivity contribution in [3.63, 3.8) is 0 Å². The van der Waals surface area contributed by atoms with Crippen molar-refractivity contribution >= 4 is 24.1 Å². The predicted molar refractivity (Wildman–Crippen MR) is 63.3 cm³/mol. The maximum atomic E-state index is 11.0. The van der Waals surface area contributed by atoms with Crippen molar-refractivity contribution in [1.29, 1.82) is 10.5 Å². The van der Waals surface area contributed by atoms with Gasteiger partial charge in [0.15, 0.2) is 5.95 Å². The number of hydrogen-bond donors (Lipinski definition) is 2. The highest BCUT2D eigenvalue weighted by molar-refractivity contribution is 7.90. The maximum Gasteiger partial charge on any atom is 0.316 e. The average Bonchev–Trinajstić information content (AvgIpc) is 2.69. The van der Waals surface area contributed by atoms with Crippen LogP contribution in [-0.4, -0.2) is 15.8 Å². The summed E-state index contributed by atoms with van der Waals surface area (Å²) < 4.78 is 7.70. The van der Waals surface area contributed by atoms with Crippen LogP contribution in [0.3, 0.4) is 0 Å². The molecule has 0 amide bonds. The number of H-pyrrole nitrogens is 1. The lowest BCUT2D eigenvalue weighted by molar-refractivity contribution is 0.104. The molecule has 1 aromatic heterocycles. The minimum atomic E-state index is -0.213. The van der Waals surface area contributed by atoms with E-state index in [4.69, 9.17) is 16.3 Å². The van der Waals surface area contributed by atoms with Crippen LogP contribution in [0.25, 0.3) is 0 Å². The molecule has 0 spiro atoms. The molecule has 0 bridgehead atoms. The third-order valence-corrected chi connectivity index (χ3v) is 1.75. The maximum absolute atomic E-state index is 11.0. The molecule has 9 heteroatoms. The van der Waals surface area contributed by atoms with Crippen molar-refractivity contribution in [2.24, 2.45) is 0 Å². The summed E-state index contributed by atoms with van der Waals surface area (Å²) in [5.41, 5.74) is 6.34. The summed E-state index contributed by atoms with van der Waals surface area (Å²) in [6, 6.07) is 0. The second-order valence-corrected chi connectivity index (χ2v) is 3.05. The van der Waals surface area contributed by atoms with E-state index in [-0.39, 0.29) is 11.7 Å². The summed E-state index contributed by atoms with van der Waals surface area (Å²) in [6.07, 6.45) is 3.79. The first kappa shape index (κ1) is 15.3. The first-order chi connectivity index (χ1) is 8.56. The average molecular weight is 267 g/mol. The molecule has 18 heavy (non-hydrogen) atoms. The number of hydrogen-bond acceptors (Lipinski definition) is 8. The Morgan fingerprint density at radius 3 is 2.44 bits per heavy atom. The molecule has 0 aliphatic rings. The Hall–Kier alpha value is -2.65. The molecule has 0 aromatic carbocycles. The minimum Gasteiger partial charge on any atom is -0.369 e. The van der Waals surface area contributed by atoms with E-state index in [1.807, 2.05) is 0 Å². The fourth-order valence-corrected chi connectivity index (χ4v) is 0.962. The number of imidazole rings is 1. The summed E-state index contributed by atoms with van der Waals surface area (Å²) in [5.74, 6) is 0.0446. The lowest BCUT2D eigenvalue weighted by Gasteiger charge is -1.87. The van der Waals surface area contributed by atoms with Gasteiger partial charge >= 0.3 is 24.8 Å². The lowest BCUT2D eigenvalue weighted by Crippen LogP contribution is -1.96. The first-order valence-electron chi connectivity index (χ1n) is 4.33. The zero-order valence-corrected chi connectivity index (χ0v) is 10.2. The molecule has 3 N–H and O–H groups in total. The molecule has 0 unspecified atom stereocenters. The largest absolute Gasteiger partial charge is 0.369 e. The van der Waals surface area contributed by atoms with Crippen LogP contribution >= 0.6 is 12.3 Å². The van der Waals surface area contributed by atoms with Gasteiger partial charge < -0.3 is 19.1 Å². The van der Waals surface area contributed by atoms with Crippen molar-refractivity contribution in [2.45, 2.75) is 6.92 Å². The van der Waals surface area contributed by atoms with Crippen LogP contribution < -0.4 is 5.73 Å². The normalized spacial score (nSPS) is 7.94. The Balaban J connectivity index is 0.000000360. The molecule has 0 aliphatic carbocycles. The van der Waals surface area contributed by atoms with Gasteiger partial charge in [-0.25, -0.2) is 4.98 Å². The van der Waals surface area contributed by atoms with Gasteiger partial charge in [-0.3, -0.25) is 4.79 Å². The number of nitrogens with one attached hydrogen (secondary N) is 1. The number of allylic oxidation sites excluding steroid dienone is 1. The van der Waals surface area contributed by atoms with E-state index in [0.717, 1.165) is 0 Å². The Labute approximate surface area is 107 Å². The highest BCUT2D eigenvalue weighted by atomic mass is 32.2. The van der Waals surface area contributed by atoms with Crippen LogP contribution in [0.15, 0.2) is 12.7 Å². The van der Waals surface area contributed by atoms with E-state index >= 15 is 0 Å². The number of nitriles is 2. The molecule has 0 radical (unpaired) electrons. The quantitative estimate of drug-likeness (QED) is 0.273. The Morgan fingerprint density at radius 2 is 2.11 bits per heavy atom. The van der Waals surface area contributed by atoms with E-state index in [2.05, 4.69) is 24.9 Å². The molecule has 0 aliphatic heterocycles. The van der Waals surface area contributed by atoms with Crippen LogP contribution in [0.1, 0.15) is 16.2 Å². The first-order valence-corrected chi connectivity index (χ1v) is 4.99. The van der Waals surface area contributed by atoms with Crippen LogP contribution in [-0.2, 0) is 8.37 Å². The van der Waals surface area contributed by atoms with Crippen molar-refractivity contribution in [2.75, 3.05) is 5.73 Å². The number of carbonyl (C=O) groups excluding carboxylic acids is 1. The number of anilines is 1. The fraction of sp³-hybridized carbons (Fsp3) is 0.111. The van der Waals surface area contributed by atoms with Gasteiger partial charge in [0.05, 0.1) is 0 Å². The zero-order valence-electron chi connectivity index (χ0n) is 9.34. The number of aromatic nitrogens is 2. The van der Waals surface area contributed by atoms with Crippen molar-refractivity contribution in [3.8, 4) is 12.5 Å². The summed E-state index contributed by atoms with van der Waals surface area (Å²) in [6.45, 7) is 5.08. The number of nitrogen functional groups attached to an aromatic ring is 1. The van der Waals surface area contributed by atoms with Crippen molar-refractivity contribution in [3.05, 3.63) is 24.0 Å². The summed E-state index contributed by atoms with van der Waals surface area (Å²) in [5, 5.41) is 15.2. The van der Waals surface area contributed by atoms with E-state index in [1.54, 1.807) is 6.92 Å². The van der Waals surface area contributed by atoms with Crippen molar-refractivity contribution < 1.29 is 13.2 Å². The van der Waals surface area contributed by atoms with Gasteiger partial charge in [0.25, 0.3) is 0 Å². The van der Waals surface area contributed by atoms with Gasteiger partial charge in [0.1, 0.15) is 5.69 Å². The van der Waals surface area contributed by atoms with E-state index in [1.165, 1.54) is 18.6 Å². The number of carbonyl (C=O) groups is 1. The summed E-state index contributed by atoms with van der Waals surface area (Å²) >= 11 is 0.331. The SMILES string of the molecule is C=CC(=O)c1nc(N)[nH]c1C.N#COSOC#N. The predicted octanol–water partition coefficient (Wildman–Crippen LogP) is 1.21. The number of nitrogens with zero attached hydrogens (tertiary/aromatic N) is 3. The smallest absolute Gasteiger partial charge is 0.316 e. The third-order valence-electron chi connectivity index (χ3n) is 1.46. The number of aryl methyl sites for hydroxylation is 1. The fourth-order valence-electron chi connectivity index (χ4n) is 0.868. The van der Waals surface area contributed by atoms with Gasteiger partial charge in [0, 0.05) is 5.69 Å². The second-order valence-electron chi connectivity index (χ2n) is 2.58.